The van der Waals surface area contributed by atoms with Gasteiger partial charge < -0.3 is 20.8 Å². The van der Waals surface area contributed by atoms with Crippen LogP contribution in [0.3, 0.4) is 0 Å². The van der Waals surface area contributed by atoms with Gasteiger partial charge in [0, 0.05) is 6.54 Å². The summed E-state index contributed by atoms with van der Waals surface area (Å²) in [5, 5.41) is 23.6. The number of aliphatic hydroxyl groups excluding tert-OH is 1. The number of carbonyl (C=O) groups is 1. The zero-order valence-electron chi connectivity index (χ0n) is 9.44. The predicted molar refractivity (Wildman–Crippen MR) is 62.8 cm³/mol. The van der Waals surface area contributed by atoms with Crippen molar-refractivity contribution in [3.05, 3.63) is 29.3 Å². The quantitative estimate of drug-likeness (QED) is 0.622. The third kappa shape index (κ3) is 2.50. The predicted octanol–water partition coefficient (Wildman–Crippen LogP) is 0.671. The molecule has 2 amide bonds. The highest BCUT2D eigenvalue weighted by molar-refractivity contribution is 5.74. The molecule has 0 radical (unpaired) electrons. The molecule has 1 atom stereocenters. The molecule has 4 N–H and O–H groups in total. The van der Waals surface area contributed by atoms with Crippen molar-refractivity contribution < 1.29 is 15.0 Å². The number of aromatic hydroxyl groups is 1. The summed E-state index contributed by atoms with van der Waals surface area (Å²) in [7, 11) is 0. The van der Waals surface area contributed by atoms with Crippen LogP contribution in [-0.2, 0) is 6.42 Å². The van der Waals surface area contributed by atoms with Crippen LogP contribution in [-0.4, -0.2) is 29.4 Å². The summed E-state index contributed by atoms with van der Waals surface area (Å²) in [5.41, 5.74) is 1.89. The number of phenols is 1. The minimum absolute atomic E-state index is 0.0595. The van der Waals surface area contributed by atoms with Gasteiger partial charge in [-0.3, -0.25) is 0 Å². The molecule has 1 aliphatic rings. The van der Waals surface area contributed by atoms with Crippen molar-refractivity contribution in [1.82, 2.24) is 10.6 Å². The zero-order chi connectivity index (χ0) is 12.3. The standard InChI is InChI=1S/C12H16N2O3/c15-7-6-13-12(17)14-10-5-4-9-8(10)2-1-3-11(9)16/h1-3,10,15-16H,4-7H2,(H2,13,14,17). The highest BCUT2D eigenvalue weighted by atomic mass is 16.3. The van der Waals surface area contributed by atoms with Gasteiger partial charge in [-0.05, 0) is 30.0 Å². The number of phenolic OH excluding ortho intramolecular Hbond substituents is 1. The van der Waals surface area contributed by atoms with Crippen LogP contribution in [0.4, 0.5) is 4.79 Å². The monoisotopic (exact) mass is 236 g/mol. The van der Waals surface area contributed by atoms with E-state index < -0.39 is 0 Å². The van der Waals surface area contributed by atoms with Gasteiger partial charge in [-0.1, -0.05) is 12.1 Å². The maximum atomic E-state index is 11.5. The van der Waals surface area contributed by atoms with E-state index in [0.29, 0.717) is 5.75 Å². The molecule has 0 heterocycles. The average molecular weight is 236 g/mol. The molecule has 92 valence electrons. The summed E-state index contributed by atoms with van der Waals surface area (Å²) < 4.78 is 0. The van der Waals surface area contributed by atoms with E-state index in [1.54, 1.807) is 12.1 Å². The van der Waals surface area contributed by atoms with E-state index in [0.717, 1.165) is 24.0 Å². The molecule has 0 saturated carbocycles. The lowest BCUT2D eigenvalue weighted by Gasteiger charge is -2.14. The normalized spacial score (nSPS) is 17.6. The number of nitrogens with one attached hydrogen (secondary N) is 2. The summed E-state index contributed by atoms with van der Waals surface area (Å²) in [6, 6.07) is 5.00. The van der Waals surface area contributed by atoms with Crippen LogP contribution in [0.25, 0.3) is 0 Å². The smallest absolute Gasteiger partial charge is 0.315 e. The Labute approximate surface area is 99.5 Å². The molecule has 1 aromatic rings. The Morgan fingerprint density at radius 2 is 2.29 bits per heavy atom. The number of hydrogen-bond donors (Lipinski definition) is 4. The number of fused-ring (bicyclic) bond motifs is 1. The highest BCUT2D eigenvalue weighted by Crippen LogP contribution is 2.35. The fourth-order valence-electron chi connectivity index (χ4n) is 2.16. The van der Waals surface area contributed by atoms with Crippen LogP contribution in [0, 0.1) is 0 Å². The van der Waals surface area contributed by atoms with E-state index in [1.165, 1.54) is 0 Å². The lowest BCUT2D eigenvalue weighted by molar-refractivity contribution is 0.230. The Morgan fingerprint density at radius 1 is 1.47 bits per heavy atom. The topological polar surface area (TPSA) is 81.6 Å². The van der Waals surface area contributed by atoms with Crippen LogP contribution >= 0.6 is 0 Å². The molecule has 0 aliphatic heterocycles. The number of hydrogen-bond acceptors (Lipinski definition) is 3. The van der Waals surface area contributed by atoms with Gasteiger partial charge >= 0.3 is 6.03 Å². The second kappa shape index (κ2) is 5.05. The first-order valence-electron chi connectivity index (χ1n) is 5.68. The third-order valence-corrected chi connectivity index (χ3v) is 2.95. The van der Waals surface area contributed by atoms with Crippen molar-refractivity contribution in [2.75, 3.05) is 13.2 Å². The summed E-state index contributed by atoms with van der Waals surface area (Å²) in [6.45, 7) is 0.168. The number of aliphatic hydroxyl groups is 1. The Bertz CT molecular complexity index is 420. The minimum atomic E-state index is -0.291. The van der Waals surface area contributed by atoms with Gasteiger partial charge in [0.25, 0.3) is 0 Å². The van der Waals surface area contributed by atoms with Crippen LogP contribution in [0.2, 0.25) is 0 Å². The van der Waals surface area contributed by atoms with E-state index >= 15 is 0 Å². The summed E-state index contributed by atoms with van der Waals surface area (Å²) in [5.74, 6) is 0.294. The number of rotatable bonds is 3. The Morgan fingerprint density at radius 3 is 3.06 bits per heavy atom. The molecule has 0 fully saturated rings. The maximum Gasteiger partial charge on any atom is 0.315 e. The second-order valence-corrected chi connectivity index (χ2v) is 4.06. The Hall–Kier alpha value is -1.75. The van der Waals surface area contributed by atoms with Crippen LogP contribution < -0.4 is 10.6 Å². The molecule has 0 aromatic heterocycles. The largest absolute Gasteiger partial charge is 0.508 e. The average Bonchev–Trinajstić information content (AvgIpc) is 2.71. The highest BCUT2D eigenvalue weighted by Gasteiger charge is 2.25. The van der Waals surface area contributed by atoms with Gasteiger partial charge in [0.1, 0.15) is 5.75 Å². The van der Waals surface area contributed by atoms with Gasteiger partial charge in [0.05, 0.1) is 12.6 Å². The van der Waals surface area contributed by atoms with Crippen LogP contribution in [0.5, 0.6) is 5.75 Å². The van der Waals surface area contributed by atoms with Gasteiger partial charge in [-0.15, -0.1) is 0 Å². The first-order chi connectivity index (χ1) is 8.22. The summed E-state index contributed by atoms with van der Waals surface area (Å²) >= 11 is 0. The van der Waals surface area contributed by atoms with E-state index in [2.05, 4.69) is 10.6 Å². The first kappa shape index (κ1) is 11.7. The van der Waals surface area contributed by atoms with E-state index in [-0.39, 0.29) is 25.2 Å². The van der Waals surface area contributed by atoms with Crippen LogP contribution in [0.1, 0.15) is 23.6 Å². The molecule has 2 rings (SSSR count). The zero-order valence-corrected chi connectivity index (χ0v) is 9.44. The molecule has 0 bridgehead atoms. The van der Waals surface area contributed by atoms with Crippen molar-refractivity contribution in [3.8, 4) is 5.75 Å². The summed E-state index contributed by atoms with van der Waals surface area (Å²) in [6.07, 6.45) is 1.56. The number of amides is 2. The first-order valence-corrected chi connectivity index (χ1v) is 5.68. The lowest BCUT2D eigenvalue weighted by Crippen LogP contribution is -2.38. The SMILES string of the molecule is O=C(NCCO)NC1CCc2c(O)cccc21. The van der Waals surface area contributed by atoms with E-state index in [9.17, 15) is 9.90 Å². The molecule has 5 heteroatoms. The molecular weight excluding hydrogens is 220 g/mol. The lowest BCUT2D eigenvalue weighted by atomic mass is 10.1. The number of urea groups is 1. The Kier molecular flexibility index (Phi) is 3.49. The van der Waals surface area contributed by atoms with Crippen molar-refractivity contribution >= 4 is 6.03 Å². The molecular formula is C12H16N2O3. The molecule has 17 heavy (non-hydrogen) atoms. The van der Waals surface area contributed by atoms with Crippen molar-refractivity contribution in [2.24, 2.45) is 0 Å². The van der Waals surface area contributed by atoms with Gasteiger partial charge in [0.2, 0.25) is 0 Å². The number of benzene rings is 1. The Balaban J connectivity index is 2.02. The fourth-order valence-corrected chi connectivity index (χ4v) is 2.16. The van der Waals surface area contributed by atoms with Crippen LogP contribution in [0.15, 0.2) is 18.2 Å². The summed E-state index contributed by atoms with van der Waals surface area (Å²) in [4.78, 5) is 11.5. The van der Waals surface area contributed by atoms with Gasteiger partial charge in [-0.2, -0.15) is 0 Å². The minimum Gasteiger partial charge on any atom is -0.508 e. The number of carbonyl (C=O) groups excluding carboxylic acids is 1. The van der Waals surface area contributed by atoms with Gasteiger partial charge in [0.15, 0.2) is 0 Å². The van der Waals surface area contributed by atoms with E-state index in [1.807, 2.05) is 6.07 Å². The molecule has 1 unspecified atom stereocenters. The van der Waals surface area contributed by atoms with Gasteiger partial charge in [-0.25, -0.2) is 4.79 Å². The second-order valence-electron chi connectivity index (χ2n) is 4.06. The van der Waals surface area contributed by atoms with Crippen molar-refractivity contribution in [3.63, 3.8) is 0 Å². The maximum absolute atomic E-state index is 11.5. The molecule has 5 nitrogen and oxygen atoms in total. The fraction of sp³-hybridized carbons (Fsp3) is 0.417. The molecule has 0 saturated heterocycles. The van der Waals surface area contributed by atoms with Crippen molar-refractivity contribution in [1.29, 1.82) is 0 Å². The molecule has 1 aliphatic carbocycles. The molecule has 1 aromatic carbocycles. The van der Waals surface area contributed by atoms with E-state index in [4.69, 9.17) is 5.11 Å². The van der Waals surface area contributed by atoms with Crippen molar-refractivity contribution in [2.45, 2.75) is 18.9 Å². The molecule has 0 spiro atoms. The third-order valence-electron chi connectivity index (χ3n) is 2.95.